The van der Waals surface area contributed by atoms with E-state index < -0.39 is 0 Å². The first kappa shape index (κ1) is 18.3. The molecule has 3 nitrogen and oxygen atoms in total. The molecule has 4 aliphatic rings. The molecule has 1 heterocycles. The van der Waals surface area contributed by atoms with Crippen molar-refractivity contribution in [2.75, 3.05) is 7.11 Å². The lowest BCUT2D eigenvalue weighted by atomic mass is 9.43. The summed E-state index contributed by atoms with van der Waals surface area (Å²) in [6.45, 7) is 7.26. The largest absolute Gasteiger partial charge is 0.469 e. The number of aliphatic imine (C=N–C) groups is 1. The van der Waals surface area contributed by atoms with Crippen molar-refractivity contribution >= 4 is 12.2 Å². The van der Waals surface area contributed by atoms with Crippen LogP contribution in [0.5, 0.6) is 0 Å². The zero-order valence-corrected chi connectivity index (χ0v) is 17.0. The molecule has 4 bridgehead atoms. The number of hydrogen-bond acceptors (Lipinski definition) is 3. The molecule has 3 aliphatic carbocycles. The number of allylic oxidation sites excluding steroid dienone is 1. The van der Waals surface area contributed by atoms with Crippen molar-refractivity contribution in [3.63, 3.8) is 0 Å². The van der Waals surface area contributed by atoms with Gasteiger partial charge in [0.15, 0.2) is 0 Å². The molecule has 0 aromatic carbocycles. The summed E-state index contributed by atoms with van der Waals surface area (Å²) in [6.07, 6.45) is 14.0. The fraction of sp³-hybridized carbons (Fsp3) is 0.826. The third kappa shape index (κ3) is 2.38. The summed E-state index contributed by atoms with van der Waals surface area (Å²) in [4.78, 5) is 17.4. The molecule has 0 saturated heterocycles. The smallest absolute Gasteiger partial charge is 0.305 e. The number of hydrogen-bond donors (Lipinski definition) is 0. The van der Waals surface area contributed by atoms with Gasteiger partial charge in [0.25, 0.3) is 0 Å². The molecule has 0 spiro atoms. The van der Waals surface area contributed by atoms with Gasteiger partial charge >= 0.3 is 5.97 Å². The molecule has 0 aromatic rings. The number of esters is 1. The van der Waals surface area contributed by atoms with Crippen molar-refractivity contribution in [1.29, 1.82) is 0 Å². The summed E-state index contributed by atoms with van der Waals surface area (Å²) < 4.78 is 5.05. The number of fused-ring (bicyclic) bond motifs is 1. The normalized spacial score (nSPS) is 43.7. The minimum absolute atomic E-state index is 0.0610. The van der Waals surface area contributed by atoms with Crippen molar-refractivity contribution in [3.05, 3.63) is 11.6 Å². The second kappa shape index (κ2) is 6.49. The summed E-state index contributed by atoms with van der Waals surface area (Å²) in [5.41, 5.74) is 1.98. The van der Waals surface area contributed by atoms with Gasteiger partial charge in [0.05, 0.1) is 13.2 Å². The molecular weight excluding hydrogens is 322 g/mol. The molecule has 26 heavy (non-hydrogen) atoms. The van der Waals surface area contributed by atoms with Crippen LogP contribution in [0, 0.1) is 34.5 Å². The Morgan fingerprint density at radius 1 is 1.31 bits per heavy atom. The van der Waals surface area contributed by atoms with Gasteiger partial charge in [-0.15, -0.1) is 0 Å². The molecule has 2 saturated carbocycles. The van der Waals surface area contributed by atoms with Crippen LogP contribution in [-0.2, 0) is 9.53 Å². The number of carbonyl (C=O) groups excluding carboxylic acids is 1. The minimum atomic E-state index is -0.0624. The molecule has 3 heteroatoms. The van der Waals surface area contributed by atoms with E-state index in [0.29, 0.717) is 36.1 Å². The monoisotopic (exact) mass is 357 g/mol. The van der Waals surface area contributed by atoms with E-state index in [9.17, 15) is 4.79 Å². The number of methoxy groups -OCH3 is 1. The Morgan fingerprint density at radius 3 is 2.85 bits per heavy atom. The summed E-state index contributed by atoms with van der Waals surface area (Å²) in [7, 11) is 1.52. The quantitative estimate of drug-likeness (QED) is 0.512. The van der Waals surface area contributed by atoms with E-state index >= 15 is 0 Å². The van der Waals surface area contributed by atoms with Crippen LogP contribution in [0.1, 0.15) is 72.1 Å². The maximum Gasteiger partial charge on any atom is 0.305 e. The standard InChI is InChI=1S/C23H35NO2/c1-15(2)18-10-12-22(3)17-9-8-16-6-5-7-19(16)23(22,21(18)24-14-17)13-11-20(25)26-4/h7,14-18,21H,5-6,8-13H2,1-4H3/t16-,17+,18+,21-,22-,23-/m0/s1. The van der Waals surface area contributed by atoms with Gasteiger partial charge in [0.1, 0.15) is 0 Å². The molecule has 0 N–H and O–H groups in total. The second-order valence-corrected chi connectivity index (χ2v) is 9.77. The van der Waals surface area contributed by atoms with Gasteiger partial charge in [-0.05, 0) is 68.1 Å². The van der Waals surface area contributed by atoms with Crippen LogP contribution in [0.4, 0.5) is 0 Å². The van der Waals surface area contributed by atoms with E-state index in [0.717, 1.165) is 6.42 Å². The van der Waals surface area contributed by atoms with Crippen LogP contribution in [0.15, 0.2) is 16.6 Å². The summed E-state index contributed by atoms with van der Waals surface area (Å²) in [6, 6.07) is 0.340. The molecule has 144 valence electrons. The molecule has 0 unspecified atom stereocenters. The lowest BCUT2D eigenvalue weighted by Gasteiger charge is -2.63. The Kier molecular flexibility index (Phi) is 4.56. The van der Waals surface area contributed by atoms with Gasteiger partial charge in [0, 0.05) is 24.0 Å². The van der Waals surface area contributed by atoms with Crippen LogP contribution in [0.25, 0.3) is 0 Å². The first-order valence-corrected chi connectivity index (χ1v) is 10.7. The lowest BCUT2D eigenvalue weighted by molar-refractivity contribution is -0.143. The van der Waals surface area contributed by atoms with Gasteiger partial charge < -0.3 is 4.74 Å². The average molecular weight is 358 g/mol. The van der Waals surface area contributed by atoms with Crippen molar-refractivity contribution in [3.8, 4) is 0 Å². The maximum absolute atomic E-state index is 12.1. The highest BCUT2D eigenvalue weighted by atomic mass is 16.5. The van der Waals surface area contributed by atoms with Crippen LogP contribution in [0.3, 0.4) is 0 Å². The molecule has 0 aromatic heterocycles. The van der Waals surface area contributed by atoms with Gasteiger partial charge in [-0.25, -0.2) is 0 Å². The second-order valence-electron chi connectivity index (χ2n) is 9.77. The summed E-state index contributed by atoms with van der Waals surface area (Å²) in [5, 5.41) is 0. The number of rotatable bonds is 4. The third-order valence-corrected chi connectivity index (χ3v) is 8.64. The zero-order chi connectivity index (χ0) is 18.5. The fourth-order valence-corrected chi connectivity index (χ4v) is 7.23. The summed E-state index contributed by atoms with van der Waals surface area (Å²) in [5.74, 6) is 2.48. The number of nitrogens with zero attached hydrogens (tertiary/aromatic N) is 1. The van der Waals surface area contributed by atoms with E-state index in [1.165, 1.54) is 45.6 Å². The van der Waals surface area contributed by atoms with Crippen molar-refractivity contribution in [2.24, 2.45) is 39.5 Å². The van der Waals surface area contributed by atoms with Gasteiger partial charge in [-0.3, -0.25) is 9.79 Å². The van der Waals surface area contributed by atoms with E-state index in [2.05, 4.69) is 33.1 Å². The molecule has 4 rings (SSSR count). The first-order valence-electron chi connectivity index (χ1n) is 10.7. The molecule has 2 fully saturated rings. The van der Waals surface area contributed by atoms with E-state index in [1.54, 1.807) is 5.57 Å². The maximum atomic E-state index is 12.1. The van der Waals surface area contributed by atoms with Crippen LogP contribution in [-0.4, -0.2) is 25.3 Å². The number of ether oxygens (including phenoxy) is 1. The first-order chi connectivity index (χ1) is 12.4. The third-order valence-electron chi connectivity index (χ3n) is 8.64. The topological polar surface area (TPSA) is 38.7 Å². The summed E-state index contributed by atoms with van der Waals surface area (Å²) >= 11 is 0. The van der Waals surface area contributed by atoms with Crippen molar-refractivity contribution in [1.82, 2.24) is 0 Å². The average Bonchev–Trinajstić information content (AvgIpc) is 3.06. The SMILES string of the molecule is COC(=O)CC[C@]12C3=CCC[C@H]3CC[C@@H]3C=N[C@H]1[C@@H](C(C)C)CC[C@@]32C. The minimum Gasteiger partial charge on any atom is -0.469 e. The van der Waals surface area contributed by atoms with Crippen molar-refractivity contribution in [2.45, 2.75) is 78.2 Å². The predicted molar refractivity (Wildman–Crippen MR) is 105 cm³/mol. The molecular formula is C23H35NO2. The Balaban J connectivity index is 1.86. The van der Waals surface area contributed by atoms with E-state index in [-0.39, 0.29) is 16.8 Å². The predicted octanol–water partition coefficient (Wildman–Crippen LogP) is 5.20. The zero-order valence-electron chi connectivity index (χ0n) is 17.0. The van der Waals surface area contributed by atoms with E-state index in [4.69, 9.17) is 9.73 Å². The fourth-order valence-electron chi connectivity index (χ4n) is 7.23. The molecule has 0 amide bonds. The highest BCUT2D eigenvalue weighted by Crippen LogP contribution is 2.69. The Morgan fingerprint density at radius 2 is 2.12 bits per heavy atom. The van der Waals surface area contributed by atoms with Crippen molar-refractivity contribution < 1.29 is 9.53 Å². The van der Waals surface area contributed by atoms with Crippen LogP contribution >= 0.6 is 0 Å². The highest BCUT2D eigenvalue weighted by molar-refractivity contribution is 5.70. The Hall–Kier alpha value is -1.12. The number of carbonyl (C=O) groups is 1. The van der Waals surface area contributed by atoms with Gasteiger partial charge in [-0.2, -0.15) is 0 Å². The van der Waals surface area contributed by atoms with Crippen LogP contribution in [0.2, 0.25) is 0 Å². The highest BCUT2D eigenvalue weighted by Gasteiger charge is 2.65. The Bertz CT molecular complexity index is 636. The van der Waals surface area contributed by atoms with Gasteiger partial charge in [-0.1, -0.05) is 32.4 Å². The van der Waals surface area contributed by atoms with E-state index in [1.807, 2.05) is 0 Å². The molecule has 1 aliphatic heterocycles. The molecule has 0 radical (unpaired) electrons. The van der Waals surface area contributed by atoms with Crippen LogP contribution < -0.4 is 0 Å². The Labute approximate surface area is 158 Å². The van der Waals surface area contributed by atoms with Gasteiger partial charge in [0.2, 0.25) is 0 Å². The lowest BCUT2D eigenvalue weighted by Crippen LogP contribution is -2.61. The molecule has 6 atom stereocenters.